The average Bonchev–Trinajstić information content (AvgIpc) is 3.03. The predicted molar refractivity (Wildman–Crippen MR) is 95.9 cm³/mol. The largest absolute Gasteiger partial charge is 0.387 e. The van der Waals surface area contributed by atoms with Gasteiger partial charge in [-0.05, 0) is 54.5 Å². The van der Waals surface area contributed by atoms with Gasteiger partial charge in [-0.2, -0.15) is 0 Å². The number of hydrogen-bond donors (Lipinski definition) is 2. The van der Waals surface area contributed by atoms with Crippen molar-refractivity contribution in [1.29, 1.82) is 0 Å². The standard InChI is InChI=1S/C20H24ClNO/c1-2-14-6-8-15(9-7-14)12-18-10-11-19(22-18)20(23)16-4-3-5-17(21)13-16/h3-9,13,18-20,22-23H,2,10-12H2,1H3. The van der Waals surface area contributed by atoms with E-state index in [0.717, 1.165) is 31.2 Å². The molecule has 3 heteroatoms. The summed E-state index contributed by atoms with van der Waals surface area (Å²) in [4.78, 5) is 0. The van der Waals surface area contributed by atoms with Crippen LogP contribution in [0.3, 0.4) is 0 Å². The Bertz CT molecular complexity index is 640. The molecule has 1 heterocycles. The lowest BCUT2D eigenvalue weighted by Crippen LogP contribution is -2.35. The van der Waals surface area contributed by atoms with Crippen molar-refractivity contribution in [2.24, 2.45) is 0 Å². The van der Waals surface area contributed by atoms with E-state index in [1.54, 1.807) is 0 Å². The van der Waals surface area contributed by atoms with E-state index in [1.165, 1.54) is 11.1 Å². The Morgan fingerprint density at radius 1 is 1.13 bits per heavy atom. The Balaban J connectivity index is 1.59. The molecule has 3 unspecified atom stereocenters. The van der Waals surface area contributed by atoms with Gasteiger partial charge >= 0.3 is 0 Å². The van der Waals surface area contributed by atoms with Crippen LogP contribution >= 0.6 is 11.6 Å². The van der Waals surface area contributed by atoms with Crippen molar-refractivity contribution in [3.05, 3.63) is 70.2 Å². The molecule has 0 spiro atoms. The van der Waals surface area contributed by atoms with E-state index in [-0.39, 0.29) is 6.04 Å². The maximum Gasteiger partial charge on any atom is 0.0943 e. The molecule has 1 aliphatic rings. The summed E-state index contributed by atoms with van der Waals surface area (Å²) in [7, 11) is 0. The van der Waals surface area contributed by atoms with E-state index in [0.29, 0.717) is 11.1 Å². The van der Waals surface area contributed by atoms with Crippen molar-refractivity contribution in [2.45, 2.75) is 50.8 Å². The highest BCUT2D eigenvalue weighted by Gasteiger charge is 2.29. The summed E-state index contributed by atoms with van der Waals surface area (Å²) in [5.41, 5.74) is 3.63. The second-order valence-electron chi connectivity index (χ2n) is 6.42. The molecule has 0 amide bonds. The normalized spacial score (nSPS) is 22.2. The number of hydrogen-bond acceptors (Lipinski definition) is 2. The zero-order valence-corrected chi connectivity index (χ0v) is 14.3. The van der Waals surface area contributed by atoms with Crippen LogP contribution in [0.1, 0.15) is 42.6 Å². The lowest BCUT2D eigenvalue weighted by atomic mass is 10.0. The topological polar surface area (TPSA) is 32.3 Å². The lowest BCUT2D eigenvalue weighted by Gasteiger charge is -2.20. The fourth-order valence-electron chi connectivity index (χ4n) is 3.38. The SMILES string of the molecule is CCc1ccc(CC2CCC(C(O)c3cccc(Cl)c3)N2)cc1. The first kappa shape index (κ1) is 16.5. The number of rotatable bonds is 5. The van der Waals surface area contributed by atoms with E-state index in [4.69, 9.17) is 11.6 Å². The summed E-state index contributed by atoms with van der Waals surface area (Å²) in [5.74, 6) is 0. The zero-order valence-electron chi connectivity index (χ0n) is 13.5. The van der Waals surface area contributed by atoms with Crippen molar-refractivity contribution in [2.75, 3.05) is 0 Å². The summed E-state index contributed by atoms with van der Waals surface area (Å²) >= 11 is 6.02. The minimum absolute atomic E-state index is 0.105. The number of aliphatic hydroxyl groups is 1. The molecule has 2 N–H and O–H groups in total. The molecular formula is C20H24ClNO. The highest BCUT2D eigenvalue weighted by molar-refractivity contribution is 6.30. The second kappa shape index (κ2) is 7.48. The van der Waals surface area contributed by atoms with Gasteiger partial charge < -0.3 is 10.4 Å². The summed E-state index contributed by atoms with van der Waals surface area (Å²) in [6.07, 6.45) is 3.68. The molecule has 2 aromatic carbocycles. The molecule has 1 aliphatic heterocycles. The summed E-state index contributed by atoms with van der Waals surface area (Å²) in [6.45, 7) is 2.18. The van der Waals surface area contributed by atoms with E-state index >= 15 is 0 Å². The van der Waals surface area contributed by atoms with Crippen LogP contribution in [-0.4, -0.2) is 17.2 Å². The Morgan fingerprint density at radius 3 is 2.57 bits per heavy atom. The van der Waals surface area contributed by atoms with Gasteiger partial charge in [0.1, 0.15) is 0 Å². The Kier molecular flexibility index (Phi) is 5.37. The van der Waals surface area contributed by atoms with Gasteiger partial charge in [-0.15, -0.1) is 0 Å². The fourth-order valence-corrected chi connectivity index (χ4v) is 3.58. The van der Waals surface area contributed by atoms with Gasteiger partial charge in [-0.3, -0.25) is 0 Å². The quantitative estimate of drug-likeness (QED) is 0.857. The van der Waals surface area contributed by atoms with Crippen molar-refractivity contribution in [3.8, 4) is 0 Å². The molecule has 23 heavy (non-hydrogen) atoms. The van der Waals surface area contributed by atoms with E-state index in [1.807, 2.05) is 24.3 Å². The molecular weight excluding hydrogens is 306 g/mol. The molecule has 1 fully saturated rings. The minimum atomic E-state index is -0.499. The van der Waals surface area contributed by atoms with Crippen molar-refractivity contribution in [3.63, 3.8) is 0 Å². The summed E-state index contributed by atoms with van der Waals surface area (Å²) in [5, 5.41) is 14.8. The predicted octanol–water partition coefficient (Wildman–Crippen LogP) is 4.30. The van der Waals surface area contributed by atoms with Crippen molar-refractivity contribution < 1.29 is 5.11 Å². The molecule has 3 rings (SSSR count). The van der Waals surface area contributed by atoms with Gasteiger partial charge in [0.15, 0.2) is 0 Å². The van der Waals surface area contributed by atoms with Gasteiger partial charge in [0.05, 0.1) is 6.10 Å². The van der Waals surface area contributed by atoms with Crippen molar-refractivity contribution >= 4 is 11.6 Å². The van der Waals surface area contributed by atoms with Crippen LogP contribution in [0.15, 0.2) is 48.5 Å². The molecule has 0 saturated carbocycles. The smallest absolute Gasteiger partial charge is 0.0943 e. The lowest BCUT2D eigenvalue weighted by molar-refractivity contribution is 0.135. The van der Waals surface area contributed by atoms with Gasteiger partial charge in [0.2, 0.25) is 0 Å². The fraction of sp³-hybridized carbons (Fsp3) is 0.400. The maximum atomic E-state index is 10.6. The number of nitrogens with one attached hydrogen (secondary N) is 1. The van der Waals surface area contributed by atoms with Gasteiger partial charge in [0.25, 0.3) is 0 Å². The monoisotopic (exact) mass is 329 g/mol. The van der Waals surface area contributed by atoms with Gasteiger partial charge in [0, 0.05) is 17.1 Å². The average molecular weight is 330 g/mol. The van der Waals surface area contributed by atoms with Crippen molar-refractivity contribution in [1.82, 2.24) is 5.32 Å². The Labute approximate surface area is 143 Å². The minimum Gasteiger partial charge on any atom is -0.387 e. The third kappa shape index (κ3) is 4.14. The van der Waals surface area contributed by atoms with E-state index < -0.39 is 6.10 Å². The van der Waals surface area contributed by atoms with Crippen LogP contribution in [0.4, 0.5) is 0 Å². The molecule has 2 nitrogen and oxygen atoms in total. The molecule has 3 atom stereocenters. The number of aliphatic hydroxyl groups excluding tert-OH is 1. The first-order valence-corrected chi connectivity index (χ1v) is 8.81. The summed E-state index contributed by atoms with van der Waals surface area (Å²) < 4.78 is 0. The number of halogens is 1. The molecule has 0 aromatic heterocycles. The third-order valence-corrected chi connectivity index (χ3v) is 5.00. The molecule has 0 aliphatic carbocycles. The maximum absolute atomic E-state index is 10.6. The van der Waals surface area contributed by atoms with Crippen LogP contribution in [-0.2, 0) is 12.8 Å². The van der Waals surface area contributed by atoms with Crippen LogP contribution in [0.5, 0.6) is 0 Å². The van der Waals surface area contributed by atoms with Crippen LogP contribution in [0.25, 0.3) is 0 Å². The molecule has 122 valence electrons. The molecule has 2 aromatic rings. The van der Waals surface area contributed by atoms with Crippen LogP contribution in [0, 0.1) is 0 Å². The summed E-state index contributed by atoms with van der Waals surface area (Å²) in [6, 6.07) is 16.9. The second-order valence-corrected chi connectivity index (χ2v) is 6.86. The van der Waals surface area contributed by atoms with Crippen LogP contribution in [0.2, 0.25) is 5.02 Å². The Morgan fingerprint density at radius 2 is 1.87 bits per heavy atom. The molecule has 0 bridgehead atoms. The van der Waals surface area contributed by atoms with E-state index in [9.17, 15) is 5.11 Å². The third-order valence-electron chi connectivity index (χ3n) is 4.76. The molecule has 0 radical (unpaired) electrons. The highest BCUT2D eigenvalue weighted by atomic mass is 35.5. The van der Waals surface area contributed by atoms with Gasteiger partial charge in [-0.1, -0.05) is 54.9 Å². The van der Waals surface area contributed by atoms with E-state index in [2.05, 4.69) is 36.5 Å². The Hall–Kier alpha value is -1.35. The molecule has 1 saturated heterocycles. The number of aryl methyl sites for hydroxylation is 1. The van der Waals surface area contributed by atoms with Crippen LogP contribution < -0.4 is 5.32 Å². The first-order valence-electron chi connectivity index (χ1n) is 8.43. The zero-order chi connectivity index (χ0) is 16.2. The van der Waals surface area contributed by atoms with Gasteiger partial charge in [-0.25, -0.2) is 0 Å². The number of benzene rings is 2. The highest BCUT2D eigenvalue weighted by Crippen LogP contribution is 2.28. The first-order chi connectivity index (χ1) is 11.2.